The summed E-state index contributed by atoms with van der Waals surface area (Å²) in [6, 6.07) is 11.5. The zero-order chi connectivity index (χ0) is 29.7. The number of benzene rings is 2. The number of fused-ring (bicyclic) bond motifs is 1. The van der Waals surface area contributed by atoms with Crippen molar-refractivity contribution in [1.29, 1.82) is 0 Å². The smallest absolute Gasteiger partial charge is 0.410 e. The van der Waals surface area contributed by atoms with Crippen LogP contribution in [0.25, 0.3) is 0 Å². The van der Waals surface area contributed by atoms with E-state index in [1.807, 2.05) is 42.5 Å². The molecule has 4 rings (SSSR count). The molecule has 0 fully saturated rings. The summed E-state index contributed by atoms with van der Waals surface area (Å²) in [4.78, 5) is 54.3. The van der Waals surface area contributed by atoms with Crippen LogP contribution in [0.4, 0.5) is 4.79 Å². The molecule has 0 radical (unpaired) electrons. The van der Waals surface area contributed by atoms with Gasteiger partial charge in [-0.2, -0.15) is 0 Å². The standard InChI is InChI=1S/C31H37N3O7/c1-31(2,3)41-26(35)16-15-25(28(32)36)34-18-23-21(29(34)37)13-14-22(27(23)39-4)24-12-8-9-17-33(24)30(38)40-19-20-10-6-5-7-11-20/h5-11,13-14,24-25H,12,15-19H2,1-4H3,(H2,32,36). The van der Waals surface area contributed by atoms with E-state index in [4.69, 9.17) is 19.9 Å². The first kappa shape index (κ1) is 29.6. The number of primary amides is 1. The van der Waals surface area contributed by atoms with E-state index in [-0.39, 0.29) is 37.9 Å². The SMILES string of the molecule is COc1c(C2CC=CCN2C(=O)OCc2ccccc2)ccc2c1CN(C(CCC(=O)OC(C)(C)C)C(N)=O)C2=O. The van der Waals surface area contributed by atoms with Crippen molar-refractivity contribution in [3.8, 4) is 5.75 Å². The number of nitrogens with two attached hydrogens (primary N) is 1. The maximum Gasteiger partial charge on any atom is 0.410 e. The van der Waals surface area contributed by atoms with E-state index in [1.165, 1.54) is 12.0 Å². The lowest BCUT2D eigenvalue weighted by Gasteiger charge is -2.33. The second kappa shape index (κ2) is 12.4. The lowest BCUT2D eigenvalue weighted by Crippen LogP contribution is -2.45. The number of carbonyl (C=O) groups excluding carboxylic acids is 4. The fourth-order valence-corrected chi connectivity index (χ4v) is 5.22. The molecule has 0 bridgehead atoms. The first-order valence-electron chi connectivity index (χ1n) is 13.6. The fourth-order valence-electron chi connectivity index (χ4n) is 5.22. The van der Waals surface area contributed by atoms with Crippen LogP contribution in [0.1, 0.15) is 73.1 Å². The Hall–Kier alpha value is -4.34. The number of ether oxygens (including phenoxy) is 3. The Morgan fingerprint density at radius 3 is 2.46 bits per heavy atom. The van der Waals surface area contributed by atoms with Crippen molar-refractivity contribution in [2.24, 2.45) is 5.73 Å². The van der Waals surface area contributed by atoms with E-state index in [2.05, 4.69) is 0 Å². The van der Waals surface area contributed by atoms with Crippen molar-refractivity contribution < 1.29 is 33.4 Å². The Bertz CT molecular complexity index is 1330. The van der Waals surface area contributed by atoms with E-state index in [0.717, 1.165) is 11.1 Å². The minimum Gasteiger partial charge on any atom is -0.496 e. The number of amides is 3. The minimum absolute atomic E-state index is 0.0353. The molecule has 2 aromatic carbocycles. The molecule has 2 aliphatic heterocycles. The summed E-state index contributed by atoms with van der Waals surface area (Å²) in [5.74, 6) is -1.09. The van der Waals surface area contributed by atoms with Crippen molar-refractivity contribution in [2.75, 3.05) is 13.7 Å². The van der Waals surface area contributed by atoms with Crippen LogP contribution in [-0.4, -0.2) is 59.0 Å². The largest absolute Gasteiger partial charge is 0.496 e. The van der Waals surface area contributed by atoms with Gasteiger partial charge in [0.15, 0.2) is 0 Å². The van der Waals surface area contributed by atoms with E-state index >= 15 is 0 Å². The van der Waals surface area contributed by atoms with E-state index < -0.39 is 29.6 Å². The predicted octanol–water partition coefficient (Wildman–Crippen LogP) is 4.27. The topological polar surface area (TPSA) is 128 Å². The normalized spacial score (nSPS) is 17.2. The van der Waals surface area contributed by atoms with Gasteiger partial charge in [-0.15, -0.1) is 0 Å². The number of hydrogen-bond donors (Lipinski definition) is 1. The third kappa shape index (κ3) is 6.87. The maximum atomic E-state index is 13.4. The van der Waals surface area contributed by atoms with Gasteiger partial charge in [-0.05, 0) is 45.2 Å². The Kier molecular flexibility index (Phi) is 9.00. The second-order valence-electron chi connectivity index (χ2n) is 11.1. The molecule has 0 saturated heterocycles. The van der Waals surface area contributed by atoms with Crippen LogP contribution in [0.3, 0.4) is 0 Å². The fraction of sp³-hybridized carbons (Fsp3) is 0.419. The Labute approximate surface area is 240 Å². The Morgan fingerprint density at radius 1 is 1.07 bits per heavy atom. The third-order valence-corrected chi connectivity index (χ3v) is 7.06. The molecule has 2 N–H and O–H groups in total. The Balaban J connectivity index is 1.55. The molecule has 3 amide bonds. The average Bonchev–Trinajstić information content (AvgIpc) is 3.26. The van der Waals surface area contributed by atoms with Gasteiger partial charge in [0, 0.05) is 29.7 Å². The van der Waals surface area contributed by atoms with E-state index in [9.17, 15) is 19.2 Å². The summed E-state index contributed by atoms with van der Waals surface area (Å²) in [7, 11) is 1.51. The summed E-state index contributed by atoms with van der Waals surface area (Å²) in [5.41, 5.74) is 7.62. The van der Waals surface area contributed by atoms with Gasteiger partial charge in [-0.3, -0.25) is 19.3 Å². The molecule has 0 saturated carbocycles. The van der Waals surface area contributed by atoms with Crippen molar-refractivity contribution in [1.82, 2.24) is 9.80 Å². The van der Waals surface area contributed by atoms with E-state index in [1.54, 1.807) is 37.8 Å². The van der Waals surface area contributed by atoms with Gasteiger partial charge in [-0.25, -0.2) is 4.79 Å². The van der Waals surface area contributed by atoms with Gasteiger partial charge < -0.3 is 24.8 Å². The van der Waals surface area contributed by atoms with Crippen LogP contribution in [0.2, 0.25) is 0 Å². The van der Waals surface area contributed by atoms with Crippen LogP contribution in [0.5, 0.6) is 5.75 Å². The highest BCUT2D eigenvalue weighted by Gasteiger charge is 2.40. The maximum absolute atomic E-state index is 13.4. The van der Waals surface area contributed by atoms with Gasteiger partial charge in [0.2, 0.25) is 5.91 Å². The summed E-state index contributed by atoms with van der Waals surface area (Å²) >= 11 is 0. The third-order valence-electron chi connectivity index (χ3n) is 7.06. The molecule has 2 aromatic rings. The molecule has 2 heterocycles. The summed E-state index contributed by atoms with van der Waals surface area (Å²) in [6.07, 6.45) is 3.95. The van der Waals surface area contributed by atoms with Crippen LogP contribution in [-0.2, 0) is 32.2 Å². The van der Waals surface area contributed by atoms with Crippen LogP contribution in [0, 0.1) is 0 Å². The number of carbonyl (C=O) groups is 4. The first-order chi connectivity index (χ1) is 19.5. The molecule has 2 aliphatic rings. The first-order valence-corrected chi connectivity index (χ1v) is 13.6. The van der Waals surface area contributed by atoms with Gasteiger partial charge >= 0.3 is 12.1 Å². The lowest BCUT2D eigenvalue weighted by molar-refractivity contribution is -0.155. The van der Waals surface area contributed by atoms with Gasteiger partial charge in [-0.1, -0.05) is 48.6 Å². The summed E-state index contributed by atoms with van der Waals surface area (Å²) in [6.45, 7) is 5.86. The highest BCUT2D eigenvalue weighted by molar-refractivity contribution is 6.02. The monoisotopic (exact) mass is 563 g/mol. The van der Waals surface area contributed by atoms with Crippen molar-refractivity contribution in [2.45, 2.75) is 70.9 Å². The zero-order valence-electron chi connectivity index (χ0n) is 23.9. The quantitative estimate of drug-likeness (QED) is 0.356. The van der Waals surface area contributed by atoms with Crippen LogP contribution in [0.15, 0.2) is 54.6 Å². The molecule has 218 valence electrons. The number of hydrogen-bond acceptors (Lipinski definition) is 7. The van der Waals surface area contributed by atoms with Crippen LogP contribution < -0.4 is 10.5 Å². The van der Waals surface area contributed by atoms with Gasteiger partial charge in [0.1, 0.15) is 24.0 Å². The predicted molar refractivity (Wildman–Crippen MR) is 151 cm³/mol. The molecule has 0 aromatic heterocycles. The molecule has 2 atom stereocenters. The lowest BCUT2D eigenvalue weighted by atomic mass is 9.94. The number of esters is 1. The van der Waals surface area contributed by atoms with Gasteiger partial charge in [0.25, 0.3) is 5.91 Å². The second-order valence-corrected chi connectivity index (χ2v) is 11.1. The number of rotatable bonds is 9. The summed E-state index contributed by atoms with van der Waals surface area (Å²) in [5, 5.41) is 0. The summed E-state index contributed by atoms with van der Waals surface area (Å²) < 4.78 is 16.8. The molecule has 2 unspecified atom stereocenters. The molecule has 0 aliphatic carbocycles. The molecule has 0 spiro atoms. The molecular weight excluding hydrogens is 526 g/mol. The number of nitrogens with zero attached hydrogens (tertiary/aromatic N) is 2. The molecule has 10 nitrogen and oxygen atoms in total. The van der Waals surface area contributed by atoms with Gasteiger partial charge in [0.05, 0.1) is 19.7 Å². The minimum atomic E-state index is -1.00. The van der Waals surface area contributed by atoms with Crippen molar-refractivity contribution >= 4 is 23.9 Å². The highest BCUT2D eigenvalue weighted by Crippen LogP contribution is 2.41. The van der Waals surface area contributed by atoms with Crippen molar-refractivity contribution in [3.63, 3.8) is 0 Å². The molecular formula is C31H37N3O7. The van der Waals surface area contributed by atoms with Crippen LogP contribution >= 0.6 is 0 Å². The van der Waals surface area contributed by atoms with E-state index in [0.29, 0.717) is 29.8 Å². The molecule has 10 heteroatoms. The number of methoxy groups -OCH3 is 1. The Morgan fingerprint density at radius 2 is 1.80 bits per heavy atom. The highest BCUT2D eigenvalue weighted by atomic mass is 16.6. The molecule has 41 heavy (non-hydrogen) atoms. The van der Waals surface area contributed by atoms with Crippen molar-refractivity contribution in [3.05, 3.63) is 76.9 Å². The zero-order valence-corrected chi connectivity index (χ0v) is 23.9. The average molecular weight is 564 g/mol.